The van der Waals surface area contributed by atoms with Gasteiger partial charge in [-0.05, 0) is 55.9 Å². The lowest BCUT2D eigenvalue weighted by Gasteiger charge is -2.11. The Hall–Kier alpha value is -2.19. The van der Waals surface area contributed by atoms with Crippen molar-refractivity contribution in [2.75, 3.05) is 5.75 Å². The number of hydrogen-bond acceptors (Lipinski definition) is 5. The first-order valence-electron chi connectivity index (χ1n) is 9.66. The number of rotatable bonds is 7. The lowest BCUT2D eigenvalue weighted by atomic mass is 10.2. The summed E-state index contributed by atoms with van der Waals surface area (Å²) in [5, 5.41) is 5.31. The minimum atomic E-state index is 0.0795. The summed E-state index contributed by atoms with van der Waals surface area (Å²) in [4.78, 5) is 13.0. The molecule has 0 N–H and O–H groups in total. The highest BCUT2D eigenvalue weighted by Crippen LogP contribution is 2.27. The molecular formula is C23H20ClN3OS3. The number of thioether (sulfide) groups is 1. The minimum Gasteiger partial charge on any atom is -0.344 e. The molecule has 0 radical (unpaired) electrons. The number of nitrogens with zero attached hydrogens (tertiary/aromatic N) is 3. The van der Waals surface area contributed by atoms with E-state index in [1.807, 2.05) is 74.5 Å². The predicted octanol–water partition coefficient (Wildman–Crippen LogP) is 6.76. The summed E-state index contributed by atoms with van der Waals surface area (Å²) in [6.07, 6.45) is 0. The van der Waals surface area contributed by atoms with E-state index in [2.05, 4.69) is 9.67 Å². The summed E-state index contributed by atoms with van der Waals surface area (Å²) in [6.45, 7) is 4.64. The molecule has 4 rings (SSSR count). The molecule has 0 amide bonds. The lowest BCUT2D eigenvalue weighted by molar-refractivity contribution is 0.102. The summed E-state index contributed by atoms with van der Waals surface area (Å²) >= 11 is 14.6. The maximum Gasteiger partial charge on any atom is 0.184 e. The van der Waals surface area contributed by atoms with Crippen LogP contribution in [-0.2, 0) is 6.54 Å². The van der Waals surface area contributed by atoms with Crippen LogP contribution in [0.25, 0.3) is 5.69 Å². The van der Waals surface area contributed by atoms with Crippen LogP contribution in [0.15, 0.2) is 65.0 Å². The standard InChI is InChI=1S/C23H20ClN3OS3/c1-15-12-19(16(2)26(15)13-17-8-6-7-11-20(17)24)21(28)14-30-22-25-27(23(29)31-22)18-9-4-3-5-10-18/h3-12H,13-14H2,1-2H3. The van der Waals surface area contributed by atoms with Crippen LogP contribution in [0.1, 0.15) is 27.3 Å². The molecule has 4 nitrogen and oxygen atoms in total. The average Bonchev–Trinajstić information content (AvgIpc) is 3.28. The Kier molecular flexibility index (Phi) is 6.77. The van der Waals surface area contributed by atoms with Crippen molar-refractivity contribution in [3.63, 3.8) is 0 Å². The maximum atomic E-state index is 13.0. The molecule has 2 aromatic heterocycles. The monoisotopic (exact) mass is 485 g/mol. The SMILES string of the molecule is Cc1cc(C(=O)CSc2nn(-c3ccccc3)c(=S)s2)c(C)n1Cc1ccccc1Cl. The van der Waals surface area contributed by atoms with Crippen LogP contribution < -0.4 is 0 Å². The van der Waals surface area contributed by atoms with Crippen LogP contribution in [-0.4, -0.2) is 25.9 Å². The zero-order chi connectivity index (χ0) is 22.0. The Bertz CT molecular complexity index is 1290. The maximum absolute atomic E-state index is 13.0. The number of Topliss-reactive ketones (excluding diaryl/α,β-unsaturated/α-hetero) is 1. The van der Waals surface area contributed by atoms with Gasteiger partial charge in [-0.15, -0.1) is 5.10 Å². The number of carbonyl (C=O) groups excluding carboxylic acids is 1. The molecule has 0 spiro atoms. The van der Waals surface area contributed by atoms with E-state index in [0.29, 0.717) is 16.3 Å². The summed E-state index contributed by atoms with van der Waals surface area (Å²) in [7, 11) is 0. The molecule has 0 aliphatic carbocycles. The third-order valence-electron chi connectivity index (χ3n) is 5.02. The first-order valence-corrected chi connectivity index (χ1v) is 12.2. The van der Waals surface area contributed by atoms with Crippen molar-refractivity contribution < 1.29 is 4.79 Å². The van der Waals surface area contributed by atoms with Gasteiger partial charge in [0.25, 0.3) is 0 Å². The van der Waals surface area contributed by atoms with E-state index in [9.17, 15) is 4.79 Å². The molecule has 0 atom stereocenters. The van der Waals surface area contributed by atoms with E-state index >= 15 is 0 Å². The van der Waals surface area contributed by atoms with Gasteiger partial charge in [-0.2, -0.15) is 0 Å². The number of aromatic nitrogens is 3. The second kappa shape index (κ2) is 9.53. The fourth-order valence-corrected chi connectivity index (χ4v) is 5.82. The van der Waals surface area contributed by atoms with Crippen LogP contribution in [0.4, 0.5) is 0 Å². The molecule has 0 fully saturated rings. The Balaban J connectivity index is 1.49. The second-order valence-corrected chi connectivity index (χ2v) is 10.3. The van der Waals surface area contributed by atoms with Gasteiger partial charge in [0, 0.05) is 28.5 Å². The molecule has 0 unspecified atom stereocenters. The van der Waals surface area contributed by atoms with E-state index in [-0.39, 0.29) is 5.78 Å². The molecular weight excluding hydrogens is 466 g/mol. The van der Waals surface area contributed by atoms with Crippen molar-refractivity contribution in [2.24, 2.45) is 0 Å². The van der Waals surface area contributed by atoms with Gasteiger partial charge in [0.1, 0.15) is 0 Å². The average molecular weight is 486 g/mol. The number of aryl methyl sites for hydroxylation is 1. The number of para-hydroxylation sites is 1. The number of benzene rings is 2. The summed E-state index contributed by atoms with van der Waals surface area (Å²) < 4.78 is 5.32. The van der Waals surface area contributed by atoms with Crippen molar-refractivity contribution in [2.45, 2.75) is 24.7 Å². The molecule has 0 aliphatic heterocycles. The quantitative estimate of drug-likeness (QED) is 0.165. The molecule has 0 bridgehead atoms. The van der Waals surface area contributed by atoms with Crippen LogP contribution >= 0.6 is 46.9 Å². The molecule has 0 saturated heterocycles. The Labute approximate surface area is 199 Å². The topological polar surface area (TPSA) is 39.8 Å². The van der Waals surface area contributed by atoms with Gasteiger partial charge >= 0.3 is 0 Å². The van der Waals surface area contributed by atoms with E-state index in [1.54, 1.807) is 4.68 Å². The first-order chi connectivity index (χ1) is 14.9. The number of hydrogen-bond donors (Lipinski definition) is 0. The first kappa shape index (κ1) is 22.0. The third kappa shape index (κ3) is 4.85. The number of ketones is 1. The zero-order valence-corrected chi connectivity index (χ0v) is 20.2. The minimum absolute atomic E-state index is 0.0795. The third-order valence-corrected chi connectivity index (χ3v) is 7.75. The lowest BCUT2D eigenvalue weighted by Crippen LogP contribution is -2.08. The van der Waals surface area contributed by atoms with Gasteiger partial charge in [0.05, 0.1) is 11.4 Å². The molecule has 8 heteroatoms. The van der Waals surface area contributed by atoms with E-state index in [0.717, 1.165) is 37.6 Å². The number of halogens is 1. The van der Waals surface area contributed by atoms with Crippen LogP contribution in [0.3, 0.4) is 0 Å². The zero-order valence-electron chi connectivity index (χ0n) is 17.0. The molecule has 4 aromatic rings. The van der Waals surface area contributed by atoms with Crippen molar-refractivity contribution in [3.8, 4) is 5.69 Å². The Morgan fingerprint density at radius 2 is 1.84 bits per heavy atom. The van der Waals surface area contributed by atoms with Gasteiger partial charge in [0.2, 0.25) is 0 Å². The highest BCUT2D eigenvalue weighted by Gasteiger charge is 2.18. The largest absolute Gasteiger partial charge is 0.344 e. The summed E-state index contributed by atoms with van der Waals surface area (Å²) in [5.41, 5.74) is 4.68. The van der Waals surface area contributed by atoms with E-state index in [1.165, 1.54) is 23.1 Å². The fourth-order valence-electron chi connectivity index (χ4n) is 3.38. The Morgan fingerprint density at radius 1 is 1.13 bits per heavy atom. The van der Waals surface area contributed by atoms with Crippen LogP contribution in [0.5, 0.6) is 0 Å². The predicted molar refractivity (Wildman–Crippen MR) is 132 cm³/mol. The second-order valence-electron chi connectivity index (χ2n) is 7.06. The van der Waals surface area contributed by atoms with Crippen molar-refractivity contribution in [1.82, 2.24) is 14.3 Å². The van der Waals surface area contributed by atoms with Crippen molar-refractivity contribution in [1.29, 1.82) is 0 Å². The molecule has 2 aromatic carbocycles. The smallest absolute Gasteiger partial charge is 0.184 e. The molecule has 0 saturated carbocycles. The van der Waals surface area contributed by atoms with Gasteiger partial charge < -0.3 is 4.57 Å². The van der Waals surface area contributed by atoms with Crippen LogP contribution in [0.2, 0.25) is 5.02 Å². The van der Waals surface area contributed by atoms with Gasteiger partial charge in [-0.25, -0.2) is 4.68 Å². The van der Waals surface area contributed by atoms with Gasteiger partial charge in [-0.1, -0.05) is 71.1 Å². The molecule has 0 aliphatic rings. The van der Waals surface area contributed by atoms with Crippen molar-refractivity contribution in [3.05, 3.63) is 92.2 Å². The Morgan fingerprint density at radius 3 is 2.58 bits per heavy atom. The molecule has 2 heterocycles. The highest BCUT2D eigenvalue weighted by molar-refractivity contribution is 8.01. The van der Waals surface area contributed by atoms with Crippen LogP contribution in [0, 0.1) is 17.8 Å². The van der Waals surface area contributed by atoms with Gasteiger partial charge in [0.15, 0.2) is 14.1 Å². The summed E-state index contributed by atoms with van der Waals surface area (Å²) in [6, 6.07) is 19.5. The highest BCUT2D eigenvalue weighted by atomic mass is 35.5. The molecule has 31 heavy (non-hydrogen) atoms. The normalized spacial score (nSPS) is 11.1. The van der Waals surface area contributed by atoms with Gasteiger partial charge in [-0.3, -0.25) is 4.79 Å². The van der Waals surface area contributed by atoms with Crippen molar-refractivity contribution >= 4 is 52.7 Å². The van der Waals surface area contributed by atoms with E-state index in [4.69, 9.17) is 23.8 Å². The summed E-state index contributed by atoms with van der Waals surface area (Å²) in [5.74, 6) is 0.392. The molecule has 158 valence electrons. The van der Waals surface area contributed by atoms with E-state index < -0.39 is 0 Å². The fraction of sp³-hybridized carbons (Fsp3) is 0.174. The number of carbonyl (C=O) groups is 1.